The topological polar surface area (TPSA) is 42.9 Å². The number of Topliss-reactive ketones (excluding diaryl/α,β-unsaturated/α-hetero) is 1. The molecule has 1 aromatic rings. The fraction of sp³-hybridized carbons (Fsp3) is 0.545. The van der Waals surface area contributed by atoms with E-state index in [0.717, 1.165) is 11.4 Å². The van der Waals surface area contributed by atoms with E-state index >= 15 is 0 Å². The van der Waals surface area contributed by atoms with Crippen LogP contribution in [0.15, 0.2) is 12.1 Å². The van der Waals surface area contributed by atoms with E-state index in [4.69, 9.17) is 0 Å². The monoisotopic (exact) mass is 192 g/mol. The van der Waals surface area contributed by atoms with Crippen molar-refractivity contribution in [3.05, 3.63) is 23.5 Å². The Bertz CT molecular complexity index is 322. The number of hydrogen-bond acceptors (Lipinski definition) is 3. The first-order valence-corrected chi connectivity index (χ1v) is 4.72. The molecular formula is C11H16N2O. The van der Waals surface area contributed by atoms with Crippen molar-refractivity contribution in [1.29, 1.82) is 0 Å². The third-order valence-corrected chi connectivity index (χ3v) is 2.03. The van der Waals surface area contributed by atoms with Gasteiger partial charge >= 0.3 is 0 Å². The molecule has 1 rings (SSSR count). The summed E-state index contributed by atoms with van der Waals surface area (Å²) in [5.41, 5.74) is 1.32. The van der Waals surface area contributed by atoms with E-state index in [1.165, 1.54) is 0 Å². The second-order valence-electron chi connectivity index (χ2n) is 4.52. The molecule has 3 nitrogen and oxygen atoms in total. The molecule has 1 heterocycles. The molecule has 1 aromatic heterocycles. The lowest BCUT2D eigenvalue weighted by molar-refractivity contribution is -0.125. The lowest BCUT2D eigenvalue weighted by atomic mass is 9.88. The van der Waals surface area contributed by atoms with Gasteiger partial charge in [0.15, 0.2) is 0 Å². The lowest BCUT2D eigenvalue weighted by Gasteiger charge is -2.15. The van der Waals surface area contributed by atoms with E-state index in [9.17, 15) is 4.79 Å². The summed E-state index contributed by atoms with van der Waals surface area (Å²) in [4.78, 5) is 11.7. The number of carbonyl (C=O) groups is 1. The molecule has 0 aliphatic heterocycles. The molecule has 0 radical (unpaired) electrons. The lowest BCUT2D eigenvalue weighted by Crippen LogP contribution is -2.22. The molecule has 0 aliphatic carbocycles. The molecule has 3 heteroatoms. The zero-order valence-corrected chi connectivity index (χ0v) is 9.16. The van der Waals surface area contributed by atoms with Crippen LogP contribution in [-0.2, 0) is 11.2 Å². The molecule has 0 unspecified atom stereocenters. The number of hydrogen-bond donors (Lipinski definition) is 0. The third kappa shape index (κ3) is 2.91. The van der Waals surface area contributed by atoms with E-state index in [-0.39, 0.29) is 11.2 Å². The molecule has 0 saturated carbocycles. The number of ketones is 1. The Morgan fingerprint density at radius 2 is 1.93 bits per heavy atom. The van der Waals surface area contributed by atoms with Gasteiger partial charge in [0.2, 0.25) is 0 Å². The summed E-state index contributed by atoms with van der Waals surface area (Å²) in [7, 11) is 0. The van der Waals surface area contributed by atoms with Crippen LogP contribution in [0.5, 0.6) is 0 Å². The first-order valence-electron chi connectivity index (χ1n) is 4.72. The van der Waals surface area contributed by atoms with E-state index in [1.807, 2.05) is 39.8 Å². The molecule has 0 fully saturated rings. The van der Waals surface area contributed by atoms with Gasteiger partial charge in [-0.2, -0.15) is 10.2 Å². The molecule has 76 valence electrons. The highest BCUT2D eigenvalue weighted by atomic mass is 16.1. The first kappa shape index (κ1) is 10.8. The maximum atomic E-state index is 11.7. The number of aryl methyl sites for hydroxylation is 1. The number of nitrogens with zero attached hydrogens (tertiary/aromatic N) is 2. The van der Waals surface area contributed by atoms with E-state index in [0.29, 0.717) is 6.42 Å². The zero-order valence-electron chi connectivity index (χ0n) is 9.16. The fourth-order valence-corrected chi connectivity index (χ4v) is 0.950. The Morgan fingerprint density at radius 3 is 2.36 bits per heavy atom. The van der Waals surface area contributed by atoms with Gasteiger partial charge in [0.25, 0.3) is 0 Å². The van der Waals surface area contributed by atoms with Crippen molar-refractivity contribution in [3.8, 4) is 0 Å². The van der Waals surface area contributed by atoms with Crippen LogP contribution in [0.4, 0.5) is 0 Å². The second kappa shape index (κ2) is 3.86. The highest BCUT2D eigenvalue weighted by Crippen LogP contribution is 2.16. The van der Waals surface area contributed by atoms with Gasteiger partial charge in [-0.25, -0.2) is 0 Å². The zero-order chi connectivity index (χ0) is 10.8. The van der Waals surface area contributed by atoms with Crippen LogP contribution in [0.1, 0.15) is 32.2 Å². The Labute approximate surface area is 84.6 Å². The van der Waals surface area contributed by atoms with Crippen LogP contribution >= 0.6 is 0 Å². The van der Waals surface area contributed by atoms with Gasteiger partial charge < -0.3 is 0 Å². The molecule has 0 aromatic carbocycles. The summed E-state index contributed by atoms with van der Waals surface area (Å²) in [5, 5.41) is 7.87. The first-order chi connectivity index (χ1) is 6.39. The van der Waals surface area contributed by atoms with Crippen LogP contribution in [0, 0.1) is 12.3 Å². The molecule has 0 N–H and O–H groups in total. The molecule has 0 spiro atoms. The predicted octanol–water partition coefficient (Wildman–Crippen LogP) is 1.94. The van der Waals surface area contributed by atoms with Crippen LogP contribution in [0.2, 0.25) is 0 Å². The summed E-state index contributed by atoms with van der Waals surface area (Å²) in [6.07, 6.45) is 0.372. The second-order valence-corrected chi connectivity index (χ2v) is 4.52. The maximum Gasteiger partial charge on any atom is 0.144 e. The Hall–Kier alpha value is -1.25. The highest BCUT2D eigenvalue weighted by Gasteiger charge is 2.21. The Kier molecular flexibility index (Phi) is 2.99. The molecule has 0 saturated heterocycles. The van der Waals surface area contributed by atoms with Gasteiger partial charge in [0, 0.05) is 5.41 Å². The summed E-state index contributed by atoms with van der Waals surface area (Å²) in [6.45, 7) is 7.62. The maximum absolute atomic E-state index is 11.7. The molecule has 0 bridgehead atoms. The van der Waals surface area contributed by atoms with Crippen molar-refractivity contribution in [2.75, 3.05) is 0 Å². The standard InChI is InChI=1S/C11H16N2O/c1-8-5-6-9(13-12-8)7-10(14)11(2,3)4/h5-6H,7H2,1-4H3. The minimum Gasteiger partial charge on any atom is -0.299 e. The van der Waals surface area contributed by atoms with Crippen molar-refractivity contribution >= 4 is 5.78 Å². The predicted molar refractivity (Wildman–Crippen MR) is 54.9 cm³/mol. The summed E-state index contributed by atoms with van der Waals surface area (Å²) in [6, 6.07) is 3.73. The van der Waals surface area contributed by atoms with Gasteiger partial charge in [0.1, 0.15) is 5.78 Å². The SMILES string of the molecule is Cc1ccc(CC(=O)C(C)(C)C)nn1. The van der Waals surface area contributed by atoms with Gasteiger partial charge in [-0.1, -0.05) is 20.8 Å². The van der Waals surface area contributed by atoms with Gasteiger partial charge in [-0.15, -0.1) is 0 Å². The highest BCUT2D eigenvalue weighted by molar-refractivity contribution is 5.85. The van der Waals surface area contributed by atoms with Crippen molar-refractivity contribution in [1.82, 2.24) is 10.2 Å². The minimum atomic E-state index is -0.299. The Balaban J connectivity index is 2.71. The van der Waals surface area contributed by atoms with Crippen LogP contribution < -0.4 is 0 Å². The summed E-state index contributed by atoms with van der Waals surface area (Å²) < 4.78 is 0. The average molecular weight is 192 g/mol. The third-order valence-electron chi connectivity index (χ3n) is 2.03. The normalized spacial score (nSPS) is 11.4. The van der Waals surface area contributed by atoms with Gasteiger partial charge in [0.05, 0.1) is 17.8 Å². The summed E-state index contributed by atoms with van der Waals surface area (Å²) >= 11 is 0. The van der Waals surface area contributed by atoms with Gasteiger partial charge in [-0.05, 0) is 19.1 Å². The fourth-order valence-electron chi connectivity index (χ4n) is 0.950. The average Bonchev–Trinajstić information content (AvgIpc) is 2.07. The molecular weight excluding hydrogens is 176 g/mol. The molecule has 0 aliphatic rings. The van der Waals surface area contributed by atoms with E-state index < -0.39 is 0 Å². The Morgan fingerprint density at radius 1 is 1.29 bits per heavy atom. The minimum absolute atomic E-state index is 0.190. The molecule has 0 atom stereocenters. The quantitative estimate of drug-likeness (QED) is 0.719. The number of carbonyl (C=O) groups excluding carboxylic acids is 1. The number of rotatable bonds is 2. The van der Waals surface area contributed by atoms with E-state index in [1.54, 1.807) is 0 Å². The van der Waals surface area contributed by atoms with Crippen LogP contribution in [-0.4, -0.2) is 16.0 Å². The van der Waals surface area contributed by atoms with E-state index in [2.05, 4.69) is 10.2 Å². The summed E-state index contributed by atoms with van der Waals surface area (Å²) in [5.74, 6) is 0.190. The van der Waals surface area contributed by atoms with Crippen molar-refractivity contribution < 1.29 is 4.79 Å². The number of aromatic nitrogens is 2. The molecule has 0 amide bonds. The van der Waals surface area contributed by atoms with Crippen LogP contribution in [0.3, 0.4) is 0 Å². The van der Waals surface area contributed by atoms with Crippen molar-refractivity contribution in [2.45, 2.75) is 34.1 Å². The smallest absolute Gasteiger partial charge is 0.144 e. The van der Waals surface area contributed by atoms with Crippen molar-refractivity contribution in [2.24, 2.45) is 5.41 Å². The largest absolute Gasteiger partial charge is 0.299 e. The van der Waals surface area contributed by atoms with Crippen LogP contribution in [0.25, 0.3) is 0 Å². The van der Waals surface area contributed by atoms with Gasteiger partial charge in [-0.3, -0.25) is 4.79 Å². The van der Waals surface area contributed by atoms with Crippen molar-refractivity contribution in [3.63, 3.8) is 0 Å². The molecule has 14 heavy (non-hydrogen) atoms.